The van der Waals surface area contributed by atoms with Crippen molar-refractivity contribution in [2.75, 3.05) is 11.8 Å². The minimum absolute atomic E-state index is 0.0977. The Hall–Kier alpha value is -0.860. The summed E-state index contributed by atoms with van der Waals surface area (Å²) in [6.07, 6.45) is 1.42. The number of nitrogens with zero attached hydrogens (tertiary/aromatic N) is 1. The van der Waals surface area contributed by atoms with Gasteiger partial charge in [0.05, 0.1) is 22.2 Å². The minimum atomic E-state index is -3.92. The molecule has 0 aliphatic rings. The van der Waals surface area contributed by atoms with Crippen LogP contribution in [0.4, 0.5) is 5.69 Å². The summed E-state index contributed by atoms with van der Waals surface area (Å²) in [6.45, 7) is 6.01. The Morgan fingerprint density at radius 3 is 2.50 bits per heavy atom. The zero-order chi connectivity index (χ0) is 19.7. The van der Waals surface area contributed by atoms with E-state index in [0.717, 1.165) is 5.56 Å². The van der Waals surface area contributed by atoms with Gasteiger partial charge in [0, 0.05) is 23.9 Å². The lowest BCUT2D eigenvalue weighted by Crippen LogP contribution is -2.21. The molecule has 26 heavy (non-hydrogen) atoms. The van der Waals surface area contributed by atoms with E-state index in [0.29, 0.717) is 20.2 Å². The molecule has 1 N–H and O–H groups in total. The molecular weight excluding hydrogens is 463 g/mol. The van der Waals surface area contributed by atoms with Crippen molar-refractivity contribution in [1.29, 1.82) is 0 Å². The lowest BCUT2D eigenvalue weighted by atomic mass is 9.84. The smallest absolute Gasteiger partial charge is 0.262 e. The second-order valence-electron chi connectivity index (χ2n) is 6.68. The average Bonchev–Trinajstić information content (AvgIpc) is 2.49. The van der Waals surface area contributed by atoms with Crippen molar-refractivity contribution < 1.29 is 13.2 Å². The maximum atomic E-state index is 13.0. The van der Waals surface area contributed by atoms with E-state index in [9.17, 15) is 8.42 Å². The maximum Gasteiger partial charge on any atom is 0.262 e. The van der Waals surface area contributed by atoms with Crippen molar-refractivity contribution in [1.82, 2.24) is 4.98 Å². The van der Waals surface area contributed by atoms with E-state index in [2.05, 4.69) is 25.6 Å². The number of anilines is 1. The van der Waals surface area contributed by atoms with Gasteiger partial charge in [-0.25, -0.2) is 13.4 Å². The zero-order valence-electron chi connectivity index (χ0n) is 14.7. The molecule has 0 atom stereocenters. The molecule has 0 amide bonds. The van der Waals surface area contributed by atoms with Crippen molar-refractivity contribution in [2.45, 2.75) is 37.7 Å². The highest BCUT2D eigenvalue weighted by molar-refractivity contribution is 9.10. The van der Waals surface area contributed by atoms with Gasteiger partial charge in [-0.3, -0.25) is 4.72 Å². The van der Waals surface area contributed by atoms with E-state index in [-0.39, 0.29) is 22.6 Å². The number of pyridine rings is 1. The summed E-state index contributed by atoms with van der Waals surface area (Å²) >= 11 is 15.5. The molecular formula is C17H19BrCl2N2O3S. The van der Waals surface area contributed by atoms with Crippen molar-refractivity contribution in [3.63, 3.8) is 0 Å². The number of hydrogen-bond donors (Lipinski definition) is 1. The van der Waals surface area contributed by atoms with Gasteiger partial charge in [0.15, 0.2) is 0 Å². The van der Waals surface area contributed by atoms with Crippen LogP contribution < -0.4 is 4.72 Å². The molecule has 2 rings (SSSR count). The number of hydrogen-bond acceptors (Lipinski definition) is 4. The Morgan fingerprint density at radius 1 is 1.27 bits per heavy atom. The van der Waals surface area contributed by atoms with Crippen molar-refractivity contribution >= 4 is 54.8 Å². The summed E-state index contributed by atoms with van der Waals surface area (Å²) in [5, 5.41) is 0.809. The van der Waals surface area contributed by atoms with Crippen LogP contribution in [0.15, 0.2) is 33.9 Å². The van der Waals surface area contributed by atoms with E-state index >= 15 is 0 Å². The third-order valence-corrected chi connectivity index (χ3v) is 6.20. The van der Waals surface area contributed by atoms with Crippen LogP contribution in [0.3, 0.4) is 0 Å². The molecule has 0 bridgehead atoms. The number of ether oxygens (including phenoxy) is 1. The molecule has 0 aliphatic carbocycles. The van der Waals surface area contributed by atoms with Gasteiger partial charge in [0.1, 0.15) is 4.60 Å². The highest BCUT2D eigenvalue weighted by Gasteiger charge is 2.28. The monoisotopic (exact) mass is 480 g/mol. The number of nitrogens with one attached hydrogen (secondary N) is 1. The van der Waals surface area contributed by atoms with E-state index in [1.165, 1.54) is 25.4 Å². The number of rotatable bonds is 5. The third-order valence-electron chi connectivity index (χ3n) is 3.60. The summed E-state index contributed by atoms with van der Waals surface area (Å²) in [6, 6.07) is 4.54. The zero-order valence-corrected chi connectivity index (χ0v) is 18.6. The summed E-state index contributed by atoms with van der Waals surface area (Å²) < 4.78 is 34.2. The average molecular weight is 482 g/mol. The molecule has 0 unspecified atom stereocenters. The number of aromatic nitrogens is 1. The predicted octanol–water partition coefficient (Wildman–Crippen LogP) is 5.40. The minimum Gasteiger partial charge on any atom is -0.380 e. The molecule has 1 aromatic carbocycles. The standard InChI is InChI=1S/C17H19BrCl2N2O3S/c1-17(2,3)15-11(9-25-4)14(6-5-12(15)20)26(23,24)22-13-7-10(19)8-21-16(13)18/h5-8,22H,9H2,1-4H3. The van der Waals surface area contributed by atoms with E-state index < -0.39 is 10.0 Å². The molecule has 142 valence electrons. The molecule has 9 heteroatoms. The molecule has 0 spiro atoms. The van der Waals surface area contributed by atoms with Crippen LogP contribution in [0.25, 0.3) is 0 Å². The summed E-state index contributed by atoms with van der Waals surface area (Å²) in [4.78, 5) is 4.10. The first-order chi connectivity index (χ1) is 12.0. The van der Waals surface area contributed by atoms with Gasteiger partial charge in [0.25, 0.3) is 10.0 Å². The van der Waals surface area contributed by atoms with Crippen molar-refractivity contribution in [3.05, 3.63) is 50.2 Å². The molecule has 5 nitrogen and oxygen atoms in total. The summed E-state index contributed by atoms with van der Waals surface area (Å²) in [5.41, 5.74) is 1.13. The first kappa shape index (κ1) is 21.4. The van der Waals surface area contributed by atoms with Gasteiger partial charge in [-0.15, -0.1) is 0 Å². The summed E-state index contributed by atoms with van der Waals surface area (Å²) in [5.74, 6) is 0. The van der Waals surface area contributed by atoms with Gasteiger partial charge in [-0.1, -0.05) is 44.0 Å². The number of sulfonamides is 1. The number of halogens is 3. The van der Waals surface area contributed by atoms with Gasteiger partial charge < -0.3 is 4.74 Å². The number of benzene rings is 1. The topological polar surface area (TPSA) is 68.3 Å². The first-order valence-electron chi connectivity index (χ1n) is 7.62. The van der Waals surface area contributed by atoms with Crippen LogP contribution in [0.5, 0.6) is 0 Å². The lowest BCUT2D eigenvalue weighted by Gasteiger charge is -2.26. The second-order valence-corrected chi connectivity index (χ2v) is 9.93. The molecule has 0 fully saturated rings. The highest BCUT2D eigenvalue weighted by Crippen LogP contribution is 2.37. The maximum absolute atomic E-state index is 13.0. The van der Waals surface area contributed by atoms with E-state index in [1.54, 1.807) is 6.07 Å². The number of methoxy groups -OCH3 is 1. The van der Waals surface area contributed by atoms with Gasteiger partial charge in [0.2, 0.25) is 0 Å². The van der Waals surface area contributed by atoms with Crippen molar-refractivity contribution in [2.24, 2.45) is 0 Å². The molecule has 0 radical (unpaired) electrons. The van der Waals surface area contributed by atoms with Crippen molar-refractivity contribution in [3.8, 4) is 0 Å². The Kier molecular flexibility index (Phi) is 6.62. The van der Waals surface area contributed by atoms with Crippen LogP contribution in [0, 0.1) is 0 Å². The van der Waals surface area contributed by atoms with E-state index in [1.807, 2.05) is 20.8 Å². The molecule has 0 saturated carbocycles. The Morgan fingerprint density at radius 2 is 1.92 bits per heavy atom. The second kappa shape index (κ2) is 8.02. The predicted molar refractivity (Wildman–Crippen MR) is 109 cm³/mol. The van der Waals surface area contributed by atoms with Crippen LogP contribution in [-0.4, -0.2) is 20.5 Å². The van der Waals surface area contributed by atoms with Crippen LogP contribution in [-0.2, 0) is 26.8 Å². The van der Waals surface area contributed by atoms with Gasteiger partial charge in [-0.2, -0.15) is 0 Å². The normalized spacial score (nSPS) is 12.3. The van der Waals surface area contributed by atoms with Gasteiger partial charge >= 0.3 is 0 Å². The molecule has 0 saturated heterocycles. The fourth-order valence-electron chi connectivity index (χ4n) is 2.64. The first-order valence-corrected chi connectivity index (χ1v) is 10.6. The molecule has 1 aromatic heterocycles. The van der Waals surface area contributed by atoms with Crippen LogP contribution in [0.1, 0.15) is 31.9 Å². The molecule has 2 aromatic rings. The Balaban J connectivity index is 2.64. The lowest BCUT2D eigenvalue weighted by molar-refractivity contribution is 0.181. The summed E-state index contributed by atoms with van der Waals surface area (Å²) in [7, 11) is -2.41. The van der Waals surface area contributed by atoms with Crippen LogP contribution >= 0.6 is 39.1 Å². The Bertz CT molecular complexity index is 928. The fraction of sp³-hybridized carbons (Fsp3) is 0.353. The SMILES string of the molecule is COCc1c(S(=O)(=O)Nc2cc(Cl)cnc2Br)ccc(Cl)c1C(C)(C)C. The highest BCUT2D eigenvalue weighted by atomic mass is 79.9. The molecule has 1 heterocycles. The van der Waals surface area contributed by atoms with Gasteiger partial charge in [-0.05, 0) is 45.1 Å². The molecule has 0 aliphatic heterocycles. The third kappa shape index (κ3) is 4.70. The Labute approximate surface area is 172 Å². The largest absolute Gasteiger partial charge is 0.380 e. The fourth-order valence-corrected chi connectivity index (χ4v) is 5.00. The quantitative estimate of drug-likeness (QED) is 0.580. The van der Waals surface area contributed by atoms with Crippen LogP contribution in [0.2, 0.25) is 10.0 Å². The van der Waals surface area contributed by atoms with E-state index in [4.69, 9.17) is 27.9 Å².